The Kier molecular flexibility index (Phi) is 4.84. The van der Waals surface area contributed by atoms with Crippen LogP contribution in [0.1, 0.15) is 44.2 Å². The number of fused-ring (bicyclic) bond motifs is 1. The normalized spacial score (nSPS) is 20.0. The number of hydrogen-bond acceptors (Lipinski definition) is 3. The van der Waals surface area contributed by atoms with Gasteiger partial charge < -0.3 is 10.1 Å². The van der Waals surface area contributed by atoms with Gasteiger partial charge in [0.25, 0.3) is 0 Å². The van der Waals surface area contributed by atoms with E-state index in [-0.39, 0.29) is 0 Å². The fourth-order valence-corrected chi connectivity index (χ4v) is 3.14. The molecule has 2 aromatic rings. The lowest BCUT2D eigenvalue weighted by molar-refractivity contribution is 0.0996. The summed E-state index contributed by atoms with van der Waals surface area (Å²) < 4.78 is 5.74. The molecule has 2 atom stereocenters. The smallest absolute Gasteiger partial charge is 0.0702 e. The van der Waals surface area contributed by atoms with Crippen LogP contribution in [0, 0.1) is 0 Å². The minimum Gasteiger partial charge on any atom is -0.378 e. The summed E-state index contributed by atoms with van der Waals surface area (Å²) in [6.07, 6.45) is 7.15. The zero-order valence-electron chi connectivity index (χ0n) is 12.7. The molecule has 0 amide bonds. The van der Waals surface area contributed by atoms with Crippen LogP contribution in [0.25, 0.3) is 10.9 Å². The van der Waals surface area contributed by atoms with E-state index in [1.807, 2.05) is 12.3 Å². The number of para-hydroxylation sites is 1. The molecule has 0 aliphatic carbocycles. The number of ether oxygens (including phenoxy) is 1. The average molecular weight is 284 g/mol. The molecule has 1 aliphatic rings. The van der Waals surface area contributed by atoms with Crippen molar-refractivity contribution < 1.29 is 4.74 Å². The second kappa shape index (κ2) is 7.01. The van der Waals surface area contributed by atoms with E-state index in [9.17, 15) is 0 Å². The van der Waals surface area contributed by atoms with E-state index in [0.29, 0.717) is 12.1 Å². The minimum absolute atomic E-state index is 0.372. The highest BCUT2D eigenvalue weighted by Crippen LogP contribution is 2.25. The topological polar surface area (TPSA) is 34.1 Å². The van der Waals surface area contributed by atoms with E-state index < -0.39 is 0 Å². The molecule has 1 aromatic heterocycles. The summed E-state index contributed by atoms with van der Waals surface area (Å²) in [5.74, 6) is 0. The van der Waals surface area contributed by atoms with E-state index in [4.69, 9.17) is 4.74 Å². The molecular weight excluding hydrogens is 260 g/mol. The number of rotatable bonds is 6. The van der Waals surface area contributed by atoms with Crippen molar-refractivity contribution in [3.05, 3.63) is 42.1 Å². The van der Waals surface area contributed by atoms with Crippen LogP contribution in [0.5, 0.6) is 0 Å². The molecule has 0 radical (unpaired) electrons. The molecule has 21 heavy (non-hydrogen) atoms. The first-order valence-corrected chi connectivity index (χ1v) is 8.06. The Bertz CT molecular complexity index is 578. The molecule has 2 heterocycles. The molecule has 1 fully saturated rings. The van der Waals surface area contributed by atoms with Crippen LogP contribution in [0.2, 0.25) is 0 Å². The summed E-state index contributed by atoms with van der Waals surface area (Å²) in [4.78, 5) is 4.59. The lowest BCUT2D eigenvalue weighted by Crippen LogP contribution is -2.22. The fraction of sp³-hybridized carbons (Fsp3) is 0.500. The first-order chi connectivity index (χ1) is 10.4. The summed E-state index contributed by atoms with van der Waals surface area (Å²) in [6.45, 7) is 4.07. The number of hydrogen-bond donors (Lipinski definition) is 1. The van der Waals surface area contributed by atoms with Gasteiger partial charge in [-0.1, -0.05) is 25.1 Å². The predicted octanol–water partition coefficient (Wildman–Crippen LogP) is 3.84. The van der Waals surface area contributed by atoms with Crippen molar-refractivity contribution >= 4 is 10.9 Å². The third-order valence-electron chi connectivity index (χ3n) is 4.27. The molecule has 0 saturated carbocycles. The first kappa shape index (κ1) is 14.5. The molecule has 112 valence electrons. The number of aromatic nitrogens is 1. The second-order valence-corrected chi connectivity index (χ2v) is 5.78. The highest BCUT2D eigenvalue weighted by atomic mass is 16.5. The van der Waals surface area contributed by atoms with Crippen LogP contribution >= 0.6 is 0 Å². The maximum Gasteiger partial charge on any atom is 0.0702 e. The van der Waals surface area contributed by atoms with Crippen LogP contribution in [0.3, 0.4) is 0 Å². The maximum atomic E-state index is 5.74. The van der Waals surface area contributed by atoms with Gasteiger partial charge in [0.05, 0.1) is 11.6 Å². The summed E-state index contributed by atoms with van der Waals surface area (Å²) in [5.41, 5.74) is 2.35. The van der Waals surface area contributed by atoms with Crippen molar-refractivity contribution in [2.45, 2.75) is 44.8 Å². The lowest BCUT2D eigenvalue weighted by Gasteiger charge is -2.20. The predicted molar refractivity (Wildman–Crippen MR) is 86.4 cm³/mol. The van der Waals surface area contributed by atoms with Gasteiger partial charge in [-0.05, 0) is 49.9 Å². The van der Waals surface area contributed by atoms with Crippen LogP contribution in [0.4, 0.5) is 0 Å². The molecule has 3 heteroatoms. The van der Waals surface area contributed by atoms with Gasteiger partial charge in [0.1, 0.15) is 0 Å². The Hall–Kier alpha value is -1.45. The SMILES string of the molecule is CCNC(CCC1CCCO1)c1cnc2ccccc2c1. The zero-order chi connectivity index (χ0) is 14.5. The summed E-state index contributed by atoms with van der Waals surface area (Å²) >= 11 is 0. The number of nitrogens with one attached hydrogen (secondary N) is 1. The fourth-order valence-electron chi connectivity index (χ4n) is 3.14. The largest absolute Gasteiger partial charge is 0.378 e. The van der Waals surface area contributed by atoms with Crippen molar-refractivity contribution in [1.82, 2.24) is 10.3 Å². The first-order valence-electron chi connectivity index (χ1n) is 8.06. The van der Waals surface area contributed by atoms with Crippen LogP contribution in [-0.4, -0.2) is 24.2 Å². The van der Waals surface area contributed by atoms with Crippen molar-refractivity contribution in [3.63, 3.8) is 0 Å². The summed E-state index contributed by atoms with van der Waals surface area (Å²) in [7, 11) is 0. The van der Waals surface area contributed by atoms with Gasteiger partial charge in [0.2, 0.25) is 0 Å². The third-order valence-corrected chi connectivity index (χ3v) is 4.27. The Morgan fingerprint density at radius 2 is 2.29 bits per heavy atom. The van der Waals surface area contributed by atoms with Crippen molar-refractivity contribution in [2.24, 2.45) is 0 Å². The zero-order valence-corrected chi connectivity index (χ0v) is 12.7. The maximum absolute atomic E-state index is 5.74. The monoisotopic (exact) mass is 284 g/mol. The Balaban J connectivity index is 1.74. The van der Waals surface area contributed by atoms with Gasteiger partial charge in [-0.25, -0.2) is 0 Å². The molecular formula is C18H24N2O. The highest BCUT2D eigenvalue weighted by Gasteiger charge is 2.18. The molecule has 1 N–H and O–H groups in total. The van der Waals surface area contributed by atoms with E-state index in [1.165, 1.54) is 23.8 Å². The quantitative estimate of drug-likeness (QED) is 0.875. The molecule has 1 aromatic carbocycles. The van der Waals surface area contributed by atoms with E-state index in [1.54, 1.807) is 0 Å². The van der Waals surface area contributed by atoms with E-state index in [2.05, 4.69) is 41.5 Å². The van der Waals surface area contributed by atoms with E-state index in [0.717, 1.165) is 31.5 Å². The average Bonchev–Trinajstić information content (AvgIpc) is 3.04. The summed E-state index contributed by atoms with van der Waals surface area (Å²) in [5, 5.41) is 4.81. The lowest BCUT2D eigenvalue weighted by atomic mass is 9.99. The summed E-state index contributed by atoms with van der Waals surface area (Å²) in [6, 6.07) is 10.9. The molecule has 1 saturated heterocycles. The number of nitrogens with zero attached hydrogens (tertiary/aromatic N) is 1. The standard InChI is InChI=1S/C18H24N2O/c1-2-19-18(10-9-16-7-5-11-21-16)15-12-14-6-3-4-8-17(14)20-13-15/h3-4,6,8,12-13,16,18-19H,2,5,7,9-11H2,1H3. The van der Waals surface area contributed by atoms with Crippen molar-refractivity contribution in [2.75, 3.05) is 13.2 Å². The van der Waals surface area contributed by atoms with Gasteiger partial charge in [-0.2, -0.15) is 0 Å². The molecule has 0 bridgehead atoms. The van der Waals surface area contributed by atoms with Crippen LogP contribution < -0.4 is 5.32 Å². The van der Waals surface area contributed by atoms with Crippen LogP contribution in [-0.2, 0) is 4.74 Å². The minimum atomic E-state index is 0.372. The highest BCUT2D eigenvalue weighted by molar-refractivity contribution is 5.78. The van der Waals surface area contributed by atoms with Gasteiger partial charge in [-0.3, -0.25) is 4.98 Å². The van der Waals surface area contributed by atoms with E-state index >= 15 is 0 Å². The molecule has 3 rings (SSSR count). The third kappa shape index (κ3) is 3.60. The van der Waals surface area contributed by atoms with Crippen molar-refractivity contribution in [1.29, 1.82) is 0 Å². The molecule has 3 nitrogen and oxygen atoms in total. The Morgan fingerprint density at radius 1 is 1.38 bits per heavy atom. The van der Waals surface area contributed by atoms with Crippen molar-refractivity contribution in [3.8, 4) is 0 Å². The molecule has 2 unspecified atom stereocenters. The molecule has 1 aliphatic heterocycles. The Morgan fingerprint density at radius 3 is 3.10 bits per heavy atom. The number of pyridine rings is 1. The second-order valence-electron chi connectivity index (χ2n) is 5.78. The van der Waals surface area contributed by atoms with Crippen LogP contribution in [0.15, 0.2) is 36.5 Å². The van der Waals surface area contributed by atoms with Gasteiger partial charge in [-0.15, -0.1) is 0 Å². The van der Waals surface area contributed by atoms with Gasteiger partial charge >= 0.3 is 0 Å². The Labute approximate surface area is 126 Å². The van der Waals surface area contributed by atoms with Gasteiger partial charge in [0, 0.05) is 24.2 Å². The van der Waals surface area contributed by atoms with Gasteiger partial charge in [0.15, 0.2) is 0 Å². The molecule has 0 spiro atoms. The number of benzene rings is 1.